The molecule has 0 heterocycles. The summed E-state index contributed by atoms with van der Waals surface area (Å²) in [5.74, 6) is -0.349. The molecule has 2 N–H and O–H groups in total. The van der Waals surface area contributed by atoms with Gasteiger partial charge in [0.25, 0.3) is 17.5 Å². The second kappa shape index (κ2) is 8.26. The van der Waals surface area contributed by atoms with Crippen LogP contribution in [0.4, 0.5) is 5.69 Å². The normalized spacial score (nSPS) is 10.7. The van der Waals surface area contributed by atoms with Gasteiger partial charge in [-0.25, -0.2) is 0 Å². The van der Waals surface area contributed by atoms with Crippen molar-refractivity contribution in [2.45, 2.75) is 27.7 Å². The molecular weight excluding hydrogens is 298 g/mol. The molecule has 0 spiro atoms. The molecule has 126 valence electrons. The molecule has 0 fully saturated rings. The van der Waals surface area contributed by atoms with Gasteiger partial charge in [-0.15, -0.1) is 0 Å². The molecule has 7 nitrogen and oxygen atoms in total. The fourth-order valence-corrected chi connectivity index (χ4v) is 1.78. The second-order valence-electron chi connectivity index (χ2n) is 6.23. The summed E-state index contributed by atoms with van der Waals surface area (Å²) in [6.45, 7) is 8.68. The fourth-order valence-electron chi connectivity index (χ4n) is 1.78. The molecule has 0 aliphatic heterocycles. The highest BCUT2D eigenvalue weighted by Gasteiger charge is 2.18. The van der Waals surface area contributed by atoms with Crippen molar-refractivity contribution >= 4 is 17.5 Å². The van der Waals surface area contributed by atoms with Crippen LogP contribution in [0.2, 0.25) is 0 Å². The lowest BCUT2D eigenvalue weighted by Gasteiger charge is -2.10. The minimum Gasteiger partial charge on any atom is -0.352 e. The number of hydrogen-bond donors (Lipinski definition) is 2. The predicted octanol–water partition coefficient (Wildman–Crippen LogP) is 2.37. The minimum atomic E-state index is -0.613. The summed E-state index contributed by atoms with van der Waals surface area (Å²) in [5.41, 5.74) is -0.0685. The lowest BCUT2D eigenvalue weighted by molar-refractivity contribution is -0.384. The van der Waals surface area contributed by atoms with Crippen LogP contribution in [-0.4, -0.2) is 29.8 Å². The van der Waals surface area contributed by atoms with Crippen LogP contribution in [0.15, 0.2) is 18.2 Å². The molecule has 0 aliphatic carbocycles. The summed E-state index contributed by atoms with van der Waals surface area (Å²) < 4.78 is 0. The van der Waals surface area contributed by atoms with E-state index in [9.17, 15) is 19.7 Å². The van der Waals surface area contributed by atoms with Crippen molar-refractivity contribution in [2.24, 2.45) is 11.8 Å². The molecule has 1 rings (SSSR count). The summed E-state index contributed by atoms with van der Waals surface area (Å²) in [6, 6.07) is 3.72. The SMILES string of the molecule is CC(C)CNC(=O)c1cc(C(=O)NCC(C)C)cc([N+](=O)[O-])c1. The first kappa shape index (κ1) is 18.6. The standard InChI is InChI=1S/C16H23N3O4/c1-10(2)8-17-15(20)12-5-13(7-14(6-12)19(22)23)16(21)18-9-11(3)4/h5-7,10-11H,8-9H2,1-4H3,(H,17,20)(H,18,21). The molecule has 2 amide bonds. The number of carbonyl (C=O) groups excluding carboxylic acids is 2. The summed E-state index contributed by atoms with van der Waals surface area (Å²) in [5, 5.41) is 16.4. The van der Waals surface area contributed by atoms with Gasteiger partial charge in [0.05, 0.1) is 4.92 Å². The number of carbonyl (C=O) groups is 2. The first-order valence-electron chi connectivity index (χ1n) is 7.56. The maximum absolute atomic E-state index is 12.1. The van der Waals surface area contributed by atoms with Gasteiger partial charge >= 0.3 is 0 Å². The van der Waals surface area contributed by atoms with E-state index in [1.165, 1.54) is 18.2 Å². The molecule has 0 saturated carbocycles. The summed E-state index contributed by atoms with van der Waals surface area (Å²) in [4.78, 5) is 34.6. The molecule has 0 radical (unpaired) electrons. The Bertz CT molecular complexity index is 555. The number of nitro groups is 1. The van der Waals surface area contributed by atoms with Gasteiger partial charge in [-0.05, 0) is 17.9 Å². The van der Waals surface area contributed by atoms with Gasteiger partial charge in [0, 0.05) is 36.3 Å². The Balaban J connectivity index is 3.05. The Hall–Kier alpha value is -2.44. The van der Waals surface area contributed by atoms with Crippen LogP contribution in [0.25, 0.3) is 0 Å². The fraction of sp³-hybridized carbons (Fsp3) is 0.500. The van der Waals surface area contributed by atoms with Crippen molar-refractivity contribution in [1.29, 1.82) is 0 Å². The number of hydrogen-bond acceptors (Lipinski definition) is 4. The molecule has 1 aromatic rings. The van der Waals surface area contributed by atoms with Crippen LogP contribution in [0.1, 0.15) is 48.4 Å². The average Bonchev–Trinajstić information content (AvgIpc) is 2.49. The quantitative estimate of drug-likeness (QED) is 0.594. The number of amides is 2. The number of nitrogens with zero attached hydrogens (tertiary/aromatic N) is 1. The third kappa shape index (κ3) is 6.06. The van der Waals surface area contributed by atoms with E-state index < -0.39 is 16.7 Å². The van der Waals surface area contributed by atoms with E-state index in [2.05, 4.69) is 10.6 Å². The number of rotatable bonds is 7. The molecule has 1 aromatic carbocycles. The van der Waals surface area contributed by atoms with Crippen LogP contribution >= 0.6 is 0 Å². The van der Waals surface area contributed by atoms with Gasteiger partial charge in [-0.3, -0.25) is 19.7 Å². The van der Waals surface area contributed by atoms with E-state index in [-0.39, 0.29) is 28.7 Å². The first-order valence-corrected chi connectivity index (χ1v) is 7.56. The number of nitro benzene ring substituents is 1. The summed E-state index contributed by atoms with van der Waals surface area (Å²) in [7, 11) is 0. The van der Waals surface area contributed by atoms with E-state index in [0.29, 0.717) is 13.1 Å². The van der Waals surface area contributed by atoms with Crippen molar-refractivity contribution in [3.05, 3.63) is 39.4 Å². The van der Waals surface area contributed by atoms with Gasteiger partial charge in [0.2, 0.25) is 0 Å². The predicted molar refractivity (Wildman–Crippen MR) is 87.4 cm³/mol. The molecule has 0 aromatic heterocycles. The van der Waals surface area contributed by atoms with Crippen LogP contribution < -0.4 is 10.6 Å². The highest BCUT2D eigenvalue weighted by molar-refractivity contribution is 6.00. The Morgan fingerprint density at radius 3 is 1.65 bits per heavy atom. The van der Waals surface area contributed by atoms with Gasteiger partial charge < -0.3 is 10.6 Å². The molecule has 0 saturated heterocycles. The van der Waals surface area contributed by atoms with Gasteiger partial charge in [-0.1, -0.05) is 27.7 Å². The molecule has 0 unspecified atom stereocenters. The van der Waals surface area contributed by atoms with E-state index >= 15 is 0 Å². The van der Waals surface area contributed by atoms with Crippen molar-refractivity contribution in [2.75, 3.05) is 13.1 Å². The average molecular weight is 321 g/mol. The number of non-ortho nitro benzene ring substituents is 1. The van der Waals surface area contributed by atoms with Crippen LogP contribution in [-0.2, 0) is 0 Å². The number of benzene rings is 1. The van der Waals surface area contributed by atoms with Crippen molar-refractivity contribution in [1.82, 2.24) is 10.6 Å². The van der Waals surface area contributed by atoms with Gasteiger partial charge in [0.15, 0.2) is 0 Å². The Morgan fingerprint density at radius 2 is 1.35 bits per heavy atom. The third-order valence-electron chi connectivity index (χ3n) is 2.99. The largest absolute Gasteiger partial charge is 0.352 e. The lowest BCUT2D eigenvalue weighted by atomic mass is 10.1. The van der Waals surface area contributed by atoms with Crippen LogP contribution in [0.3, 0.4) is 0 Å². The van der Waals surface area contributed by atoms with E-state index in [0.717, 1.165) is 0 Å². The Labute approximate surface area is 135 Å². The molecule has 7 heteroatoms. The zero-order valence-electron chi connectivity index (χ0n) is 13.9. The van der Waals surface area contributed by atoms with Crippen molar-refractivity contribution in [3.63, 3.8) is 0 Å². The molecule has 0 atom stereocenters. The van der Waals surface area contributed by atoms with Gasteiger partial charge in [-0.2, -0.15) is 0 Å². The third-order valence-corrected chi connectivity index (χ3v) is 2.99. The van der Waals surface area contributed by atoms with Gasteiger partial charge in [0.1, 0.15) is 0 Å². The molecule has 0 aliphatic rings. The highest BCUT2D eigenvalue weighted by atomic mass is 16.6. The lowest BCUT2D eigenvalue weighted by Crippen LogP contribution is -2.29. The van der Waals surface area contributed by atoms with Crippen molar-refractivity contribution < 1.29 is 14.5 Å². The Kier molecular flexibility index (Phi) is 6.68. The maximum Gasteiger partial charge on any atom is 0.271 e. The maximum atomic E-state index is 12.1. The zero-order chi connectivity index (χ0) is 17.6. The van der Waals surface area contributed by atoms with Crippen LogP contribution in [0, 0.1) is 22.0 Å². The topological polar surface area (TPSA) is 101 Å². The smallest absolute Gasteiger partial charge is 0.271 e. The van der Waals surface area contributed by atoms with E-state index in [1.807, 2.05) is 27.7 Å². The Morgan fingerprint density at radius 1 is 0.957 bits per heavy atom. The summed E-state index contributed by atoms with van der Waals surface area (Å²) in [6.07, 6.45) is 0. The molecule has 23 heavy (non-hydrogen) atoms. The summed E-state index contributed by atoms with van der Waals surface area (Å²) >= 11 is 0. The van der Waals surface area contributed by atoms with Crippen LogP contribution in [0.5, 0.6) is 0 Å². The first-order chi connectivity index (χ1) is 10.7. The van der Waals surface area contributed by atoms with E-state index in [4.69, 9.17) is 0 Å². The monoisotopic (exact) mass is 321 g/mol. The molecular formula is C16H23N3O4. The number of nitrogens with one attached hydrogen (secondary N) is 2. The zero-order valence-corrected chi connectivity index (χ0v) is 13.9. The van der Waals surface area contributed by atoms with E-state index in [1.54, 1.807) is 0 Å². The minimum absolute atomic E-state index is 0.106. The second-order valence-corrected chi connectivity index (χ2v) is 6.23. The highest BCUT2D eigenvalue weighted by Crippen LogP contribution is 2.17. The molecule has 0 bridgehead atoms. The van der Waals surface area contributed by atoms with Crippen molar-refractivity contribution in [3.8, 4) is 0 Å².